The third-order valence-electron chi connectivity index (χ3n) is 4.22. The highest BCUT2D eigenvalue weighted by Gasteiger charge is 2.26. The van der Waals surface area contributed by atoms with Gasteiger partial charge in [0.15, 0.2) is 18.2 Å². The molecule has 1 unspecified atom stereocenters. The summed E-state index contributed by atoms with van der Waals surface area (Å²) >= 11 is 0. The average molecular weight is 423 g/mol. The van der Waals surface area contributed by atoms with Crippen molar-refractivity contribution in [3.63, 3.8) is 0 Å². The molecule has 7 heteroatoms. The molecule has 0 aliphatic heterocycles. The van der Waals surface area contributed by atoms with E-state index >= 15 is 0 Å². The van der Waals surface area contributed by atoms with Gasteiger partial charge in [0.25, 0.3) is 5.91 Å². The van der Waals surface area contributed by atoms with Crippen molar-refractivity contribution in [1.29, 1.82) is 0 Å². The predicted octanol–water partition coefficient (Wildman–Crippen LogP) is 4.53. The number of carbonyl (C=O) groups is 2. The molecule has 0 radical (unpaired) electrons. The van der Waals surface area contributed by atoms with Gasteiger partial charge in [-0.3, -0.25) is 4.79 Å². The van der Waals surface area contributed by atoms with Crippen LogP contribution in [0.3, 0.4) is 0 Å². The lowest BCUT2D eigenvalue weighted by atomic mass is 10.1. The summed E-state index contributed by atoms with van der Waals surface area (Å²) in [7, 11) is 0. The first-order valence-corrected chi connectivity index (χ1v) is 9.73. The Kier molecular flexibility index (Phi) is 7.59. The third kappa shape index (κ3) is 6.05. The maximum Gasteiger partial charge on any atom is 0.345 e. The van der Waals surface area contributed by atoms with Gasteiger partial charge < -0.3 is 19.5 Å². The number of rotatable bonds is 9. The van der Waals surface area contributed by atoms with Crippen molar-refractivity contribution in [2.75, 3.05) is 18.5 Å². The molecule has 0 aliphatic carbocycles. The predicted molar refractivity (Wildman–Crippen MR) is 113 cm³/mol. The minimum absolute atomic E-state index is 0.0780. The van der Waals surface area contributed by atoms with Gasteiger partial charge in [-0.25, -0.2) is 9.18 Å². The van der Waals surface area contributed by atoms with Crippen LogP contribution in [0.25, 0.3) is 0 Å². The van der Waals surface area contributed by atoms with E-state index in [1.165, 1.54) is 18.2 Å². The Morgan fingerprint density at radius 1 is 0.871 bits per heavy atom. The van der Waals surface area contributed by atoms with Gasteiger partial charge in [-0.05, 0) is 31.2 Å². The Morgan fingerprint density at radius 3 is 2.23 bits per heavy atom. The van der Waals surface area contributed by atoms with Crippen LogP contribution >= 0.6 is 0 Å². The Morgan fingerprint density at radius 2 is 1.52 bits per heavy atom. The standard InChI is InChI=1S/C24H22FNO5/c1-2-29-21-15-9-7-13-19(21)26-24(28)23(17-10-4-3-5-11-17)31-22(27)16-30-20-14-8-6-12-18(20)25/h3-15,23H,2,16H2,1H3,(H,26,28). The quantitative estimate of drug-likeness (QED) is 0.512. The van der Waals surface area contributed by atoms with E-state index in [0.29, 0.717) is 23.6 Å². The SMILES string of the molecule is CCOc1ccccc1NC(=O)C(OC(=O)COc1ccccc1F)c1ccccc1. The number of carbonyl (C=O) groups excluding carboxylic acids is 2. The van der Waals surface area contributed by atoms with E-state index in [1.54, 1.807) is 60.7 Å². The molecule has 0 saturated heterocycles. The zero-order valence-corrected chi connectivity index (χ0v) is 16.9. The Bertz CT molecular complexity index is 1030. The molecule has 0 aromatic heterocycles. The Hall–Kier alpha value is -3.87. The zero-order valence-electron chi connectivity index (χ0n) is 16.9. The van der Waals surface area contributed by atoms with E-state index in [9.17, 15) is 14.0 Å². The molecule has 3 aromatic carbocycles. The van der Waals surface area contributed by atoms with Crippen molar-refractivity contribution >= 4 is 17.6 Å². The first-order valence-electron chi connectivity index (χ1n) is 9.73. The molecule has 160 valence electrons. The highest BCUT2D eigenvalue weighted by molar-refractivity contribution is 5.97. The van der Waals surface area contributed by atoms with Gasteiger partial charge in [-0.1, -0.05) is 54.6 Å². The Balaban J connectivity index is 1.73. The number of nitrogens with one attached hydrogen (secondary N) is 1. The largest absolute Gasteiger partial charge is 0.492 e. The van der Waals surface area contributed by atoms with Crippen molar-refractivity contribution in [1.82, 2.24) is 0 Å². The van der Waals surface area contributed by atoms with Gasteiger partial charge in [0, 0.05) is 5.56 Å². The van der Waals surface area contributed by atoms with E-state index in [1.807, 2.05) is 6.92 Å². The number of amides is 1. The van der Waals surface area contributed by atoms with Gasteiger partial charge in [0.2, 0.25) is 6.10 Å². The molecule has 0 saturated carbocycles. The zero-order chi connectivity index (χ0) is 22.1. The van der Waals surface area contributed by atoms with Crippen LogP contribution < -0.4 is 14.8 Å². The maximum absolute atomic E-state index is 13.7. The van der Waals surface area contributed by atoms with Crippen LogP contribution in [0.5, 0.6) is 11.5 Å². The highest BCUT2D eigenvalue weighted by Crippen LogP contribution is 2.27. The van der Waals surface area contributed by atoms with Gasteiger partial charge in [0.1, 0.15) is 5.75 Å². The summed E-state index contributed by atoms with van der Waals surface area (Å²) in [6, 6.07) is 21.3. The molecule has 3 aromatic rings. The van der Waals surface area contributed by atoms with Crippen LogP contribution in [-0.4, -0.2) is 25.1 Å². The van der Waals surface area contributed by atoms with Crippen molar-refractivity contribution in [2.24, 2.45) is 0 Å². The fourth-order valence-electron chi connectivity index (χ4n) is 2.81. The number of hydrogen-bond donors (Lipinski definition) is 1. The second-order valence-electron chi connectivity index (χ2n) is 6.42. The lowest BCUT2D eigenvalue weighted by molar-refractivity contribution is -0.156. The summed E-state index contributed by atoms with van der Waals surface area (Å²) in [6.07, 6.45) is -1.23. The summed E-state index contributed by atoms with van der Waals surface area (Å²) in [5.41, 5.74) is 0.932. The lowest BCUT2D eigenvalue weighted by Gasteiger charge is -2.19. The summed E-state index contributed by atoms with van der Waals surface area (Å²) in [4.78, 5) is 25.4. The molecule has 3 rings (SSSR count). The molecular formula is C24H22FNO5. The summed E-state index contributed by atoms with van der Waals surface area (Å²) in [5, 5.41) is 2.74. The van der Waals surface area contributed by atoms with E-state index in [2.05, 4.69) is 5.32 Å². The number of benzene rings is 3. The molecule has 0 aliphatic rings. The van der Waals surface area contributed by atoms with Gasteiger partial charge in [0.05, 0.1) is 12.3 Å². The van der Waals surface area contributed by atoms with Gasteiger partial charge in [-0.15, -0.1) is 0 Å². The first kappa shape index (κ1) is 21.8. The van der Waals surface area contributed by atoms with Gasteiger partial charge >= 0.3 is 5.97 Å². The van der Waals surface area contributed by atoms with Crippen molar-refractivity contribution in [3.8, 4) is 11.5 Å². The first-order chi connectivity index (χ1) is 15.1. The topological polar surface area (TPSA) is 73.9 Å². The molecule has 1 amide bonds. The summed E-state index contributed by atoms with van der Waals surface area (Å²) < 4.78 is 29.8. The highest BCUT2D eigenvalue weighted by atomic mass is 19.1. The minimum Gasteiger partial charge on any atom is -0.492 e. The van der Waals surface area contributed by atoms with Crippen molar-refractivity contribution in [3.05, 3.63) is 90.2 Å². The maximum atomic E-state index is 13.7. The molecule has 0 fully saturated rings. The monoisotopic (exact) mass is 423 g/mol. The van der Waals surface area contributed by atoms with Crippen LogP contribution in [0.1, 0.15) is 18.6 Å². The second kappa shape index (κ2) is 10.8. The van der Waals surface area contributed by atoms with Crippen LogP contribution in [0.2, 0.25) is 0 Å². The summed E-state index contributed by atoms with van der Waals surface area (Å²) in [6.45, 7) is 1.72. The second-order valence-corrected chi connectivity index (χ2v) is 6.42. The van der Waals surface area contributed by atoms with Crippen LogP contribution in [0.15, 0.2) is 78.9 Å². The van der Waals surface area contributed by atoms with Gasteiger partial charge in [-0.2, -0.15) is 0 Å². The molecule has 0 heterocycles. The van der Waals surface area contributed by atoms with Crippen molar-refractivity contribution in [2.45, 2.75) is 13.0 Å². The number of para-hydroxylation sites is 3. The Labute approximate surface area is 179 Å². The smallest absolute Gasteiger partial charge is 0.345 e. The molecular weight excluding hydrogens is 401 g/mol. The van der Waals surface area contributed by atoms with E-state index < -0.39 is 30.4 Å². The third-order valence-corrected chi connectivity index (χ3v) is 4.22. The number of halogens is 1. The molecule has 1 N–H and O–H groups in total. The molecule has 1 atom stereocenters. The fourth-order valence-corrected chi connectivity index (χ4v) is 2.81. The molecule has 0 bridgehead atoms. The van der Waals surface area contributed by atoms with E-state index in [0.717, 1.165) is 0 Å². The van der Waals surface area contributed by atoms with E-state index in [-0.39, 0.29) is 5.75 Å². The number of anilines is 1. The molecule has 31 heavy (non-hydrogen) atoms. The normalized spacial score (nSPS) is 11.3. The molecule has 6 nitrogen and oxygen atoms in total. The van der Waals surface area contributed by atoms with Crippen molar-refractivity contribution < 1.29 is 28.2 Å². The number of ether oxygens (including phenoxy) is 3. The number of esters is 1. The minimum atomic E-state index is -1.23. The summed E-state index contributed by atoms with van der Waals surface area (Å²) in [5.74, 6) is -1.55. The van der Waals surface area contributed by atoms with E-state index in [4.69, 9.17) is 14.2 Å². The number of hydrogen-bond acceptors (Lipinski definition) is 5. The molecule has 0 spiro atoms. The average Bonchev–Trinajstić information content (AvgIpc) is 2.79. The lowest BCUT2D eigenvalue weighted by Crippen LogP contribution is -2.28. The van der Waals surface area contributed by atoms with Crippen LogP contribution in [-0.2, 0) is 14.3 Å². The fraction of sp³-hybridized carbons (Fsp3) is 0.167. The van der Waals surface area contributed by atoms with Crippen LogP contribution in [0.4, 0.5) is 10.1 Å². The van der Waals surface area contributed by atoms with Crippen LogP contribution in [0, 0.1) is 5.82 Å².